The van der Waals surface area contributed by atoms with Crippen molar-refractivity contribution in [3.8, 4) is 11.4 Å². The first-order chi connectivity index (χ1) is 17.0. The molecule has 1 amide bonds. The maximum absolute atomic E-state index is 13.0. The average molecular weight is 493 g/mol. The van der Waals surface area contributed by atoms with Gasteiger partial charge in [-0.15, -0.1) is 0 Å². The van der Waals surface area contributed by atoms with Gasteiger partial charge in [0.25, 0.3) is 0 Å². The second-order valence-corrected chi connectivity index (χ2v) is 11.3. The molecule has 1 atom stereocenters. The van der Waals surface area contributed by atoms with Crippen LogP contribution in [-0.4, -0.2) is 59.4 Å². The second kappa shape index (κ2) is 10.3. The molecule has 1 aromatic carbocycles. The van der Waals surface area contributed by atoms with Crippen LogP contribution in [0.1, 0.15) is 62.9 Å². The average Bonchev–Trinajstić information content (AvgIpc) is 2.82. The van der Waals surface area contributed by atoms with Crippen LogP contribution in [0.4, 0.5) is 5.82 Å². The summed E-state index contributed by atoms with van der Waals surface area (Å²) in [6.45, 7) is 15.0. The first-order valence-electron chi connectivity index (χ1n) is 13.1. The van der Waals surface area contributed by atoms with Crippen LogP contribution in [-0.2, 0) is 27.3 Å². The highest BCUT2D eigenvalue weighted by molar-refractivity contribution is 5.98. The van der Waals surface area contributed by atoms with Crippen LogP contribution >= 0.6 is 0 Å². The maximum atomic E-state index is 13.0. The van der Waals surface area contributed by atoms with E-state index in [2.05, 4.69) is 50.8 Å². The molecule has 1 aromatic heterocycles. The van der Waals surface area contributed by atoms with Crippen molar-refractivity contribution in [3.05, 3.63) is 40.6 Å². The van der Waals surface area contributed by atoms with Crippen molar-refractivity contribution < 1.29 is 14.3 Å². The third-order valence-corrected chi connectivity index (χ3v) is 7.78. The van der Waals surface area contributed by atoms with Gasteiger partial charge in [0, 0.05) is 55.6 Å². The van der Waals surface area contributed by atoms with Gasteiger partial charge in [0.15, 0.2) is 5.82 Å². The highest BCUT2D eigenvalue weighted by atomic mass is 16.5. The number of carbonyl (C=O) groups excluding carboxylic acids is 2. The molecule has 36 heavy (non-hydrogen) atoms. The molecule has 7 heteroatoms. The smallest absolute Gasteiger partial charge is 0.230 e. The molecule has 4 rings (SSSR count). The number of hydrogen-bond acceptors (Lipinski definition) is 6. The molecule has 2 aliphatic heterocycles. The molecule has 0 saturated carbocycles. The van der Waals surface area contributed by atoms with Crippen LogP contribution in [0.15, 0.2) is 18.2 Å². The quantitative estimate of drug-likeness (QED) is 0.552. The van der Waals surface area contributed by atoms with Crippen LogP contribution in [0, 0.1) is 25.2 Å². The topological polar surface area (TPSA) is 75.6 Å². The molecule has 194 valence electrons. The fourth-order valence-electron chi connectivity index (χ4n) is 5.57. The molecule has 0 aliphatic carbocycles. The lowest BCUT2D eigenvalue weighted by atomic mass is 9.81. The van der Waals surface area contributed by atoms with Gasteiger partial charge in [-0.25, -0.2) is 9.97 Å². The number of fused-ring (bicyclic) bond motifs is 1. The zero-order valence-corrected chi connectivity index (χ0v) is 22.9. The van der Waals surface area contributed by atoms with E-state index in [4.69, 9.17) is 14.7 Å². The zero-order chi connectivity index (χ0) is 26.2. The molecule has 1 saturated heterocycles. The van der Waals surface area contributed by atoms with Gasteiger partial charge in [0.05, 0.1) is 24.8 Å². The van der Waals surface area contributed by atoms with E-state index in [0.717, 1.165) is 59.1 Å². The third kappa shape index (κ3) is 5.17. The monoisotopic (exact) mass is 492 g/mol. The van der Waals surface area contributed by atoms with E-state index in [-0.39, 0.29) is 35.5 Å². The minimum atomic E-state index is -0.144. The van der Waals surface area contributed by atoms with Crippen LogP contribution in [0.25, 0.3) is 11.4 Å². The SMILES string of the molecule is COC1CCN(c2nc(-c3c(C)cccc3C)nc3c2CN(C(=O)CC(=O)C(C)C)CC3)CC1(C)C. The summed E-state index contributed by atoms with van der Waals surface area (Å²) >= 11 is 0. The predicted molar refractivity (Wildman–Crippen MR) is 142 cm³/mol. The number of nitrogens with zero attached hydrogens (tertiary/aromatic N) is 4. The van der Waals surface area contributed by atoms with Crippen molar-refractivity contribution in [1.82, 2.24) is 14.9 Å². The molecular formula is C29H40N4O3. The van der Waals surface area contributed by atoms with Gasteiger partial charge < -0.3 is 14.5 Å². The van der Waals surface area contributed by atoms with E-state index in [1.807, 2.05) is 13.8 Å². The number of hydrogen-bond donors (Lipinski definition) is 0. The number of methoxy groups -OCH3 is 1. The van der Waals surface area contributed by atoms with Gasteiger partial charge in [-0.3, -0.25) is 9.59 Å². The van der Waals surface area contributed by atoms with Crippen LogP contribution in [0.2, 0.25) is 0 Å². The molecule has 3 heterocycles. The van der Waals surface area contributed by atoms with E-state index in [1.165, 1.54) is 0 Å². The van der Waals surface area contributed by atoms with Crippen molar-refractivity contribution in [1.29, 1.82) is 0 Å². The van der Waals surface area contributed by atoms with Gasteiger partial charge in [0.2, 0.25) is 5.91 Å². The Balaban J connectivity index is 1.75. The normalized spacial score (nSPS) is 19.4. The molecule has 0 N–H and O–H groups in total. The number of carbonyl (C=O) groups is 2. The van der Waals surface area contributed by atoms with E-state index in [9.17, 15) is 9.59 Å². The third-order valence-electron chi connectivity index (χ3n) is 7.78. The van der Waals surface area contributed by atoms with Crippen molar-refractivity contribution in [3.63, 3.8) is 0 Å². The van der Waals surface area contributed by atoms with E-state index >= 15 is 0 Å². The molecule has 7 nitrogen and oxygen atoms in total. The Labute approximate surface area is 215 Å². The summed E-state index contributed by atoms with van der Waals surface area (Å²) in [7, 11) is 1.79. The first kappa shape index (κ1) is 26.3. The molecule has 1 fully saturated rings. The lowest BCUT2D eigenvalue weighted by Crippen LogP contribution is -2.50. The number of rotatable bonds is 6. The zero-order valence-electron chi connectivity index (χ0n) is 22.9. The summed E-state index contributed by atoms with van der Waals surface area (Å²) < 4.78 is 5.79. The minimum absolute atomic E-state index is 0.0176. The van der Waals surface area contributed by atoms with Crippen LogP contribution in [0.3, 0.4) is 0 Å². The van der Waals surface area contributed by atoms with Crippen LogP contribution in [0.5, 0.6) is 0 Å². The molecular weight excluding hydrogens is 452 g/mol. The highest BCUT2D eigenvalue weighted by Gasteiger charge is 2.38. The molecule has 1 unspecified atom stereocenters. The van der Waals surface area contributed by atoms with Crippen LogP contribution < -0.4 is 4.90 Å². The Morgan fingerprint density at radius 2 is 1.83 bits per heavy atom. The van der Waals surface area contributed by atoms with Gasteiger partial charge in [0.1, 0.15) is 11.6 Å². The van der Waals surface area contributed by atoms with Gasteiger partial charge in [-0.2, -0.15) is 0 Å². The Bertz CT molecular complexity index is 1140. The number of benzene rings is 1. The Hall–Kier alpha value is -2.80. The summed E-state index contributed by atoms with van der Waals surface area (Å²) in [5, 5.41) is 0. The Morgan fingerprint density at radius 1 is 1.14 bits per heavy atom. The second-order valence-electron chi connectivity index (χ2n) is 11.3. The molecule has 2 aromatic rings. The number of ketones is 1. The minimum Gasteiger partial charge on any atom is -0.381 e. The van der Waals surface area contributed by atoms with E-state index < -0.39 is 0 Å². The highest BCUT2D eigenvalue weighted by Crippen LogP contribution is 2.37. The Morgan fingerprint density at radius 3 is 2.44 bits per heavy atom. The lowest BCUT2D eigenvalue weighted by Gasteiger charge is -2.45. The van der Waals surface area contributed by atoms with Crippen molar-refractivity contribution in [2.45, 2.75) is 73.5 Å². The summed E-state index contributed by atoms with van der Waals surface area (Å²) in [5.41, 5.74) is 5.35. The van der Waals surface area contributed by atoms with E-state index in [0.29, 0.717) is 19.5 Å². The number of anilines is 1. The van der Waals surface area contributed by atoms with E-state index in [1.54, 1.807) is 12.0 Å². The summed E-state index contributed by atoms with van der Waals surface area (Å²) in [6.07, 6.45) is 1.70. The standard InChI is InChI=1S/C29H40N4O3/c1-18(2)23(34)15-25(35)32-13-11-22-21(16-32)28(33-14-12-24(36-7)29(5,6)17-33)31-27(30-22)26-19(3)9-8-10-20(26)4/h8-10,18,24H,11-17H2,1-7H3. The van der Waals surface area contributed by atoms with Gasteiger partial charge in [-0.1, -0.05) is 45.9 Å². The number of piperidine rings is 1. The molecule has 0 bridgehead atoms. The van der Waals surface area contributed by atoms with Crippen molar-refractivity contribution in [2.75, 3.05) is 31.6 Å². The largest absolute Gasteiger partial charge is 0.381 e. The number of Topliss-reactive ketones (excluding diaryl/α,β-unsaturated/α-hetero) is 1. The van der Waals surface area contributed by atoms with Crippen molar-refractivity contribution in [2.24, 2.45) is 11.3 Å². The number of ether oxygens (including phenoxy) is 1. The number of aryl methyl sites for hydroxylation is 2. The maximum Gasteiger partial charge on any atom is 0.230 e. The number of aromatic nitrogens is 2. The summed E-state index contributed by atoms with van der Waals surface area (Å²) in [5.74, 6) is 1.39. The predicted octanol–water partition coefficient (Wildman–Crippen LogP) is 4.51. The van der Waals surface area contributed by atoms with Gasteiger partial charge in [-0.05, 0) is 31.4 Å². The summed E-state index contributed by atoms with van der Waals surface area (Å²) in [6, 6.07) is 6.27. The van der Waals surface area contributed by atoms with Crippen molar-refractivity contribution >= 4 is 17.5 Å². The van der Waals surface area contributed by atoms with Gasteiger partial charge >= 0.3 is 0 Å². The number of amides is 1. The lowest BCUT2D eigenvalue weighted by molar-refractivity contribution is -0.137. The summed E-state index contributed by atoms with van der Waals surface area (Å²) in [4.78, 5) is 39.6. The Kier molecular flexibility index (Phi) is 7.51. The first-order valence-corrected chi connectivity index (χ1v) is 13.1. The fraction of sp³-hybridized carbons (Fsp3) is 0.586. The molecule has 0 radical (unpaired) electrons. The molecule has 2 aliphatic rings. The fourth-order valence-corrected chi connectivity index (χ4v) is 5.57. The molecule has 0 spiro atoms.